The summed E-state index contributed by atoms with van der Waals surface area (Å²) in [6.07, 6.45) is -0.211. The van der Waals surface area contributed by atoms with Gasteiger partial charge in [0.15, 0.2) is 11.5 Å². The van der Waals surface area contributed by atoms with Crippen molar-refractivity contribution >= 4 is 6.29 Å². The van der Waals surface area contributed by atoms with Crippen molar-refractivity contribution in [3.8, 4) is 11.5 Å². The van der Waals surface area contributed by atoms with E-state index in [1.807, 2.05) is 60.6 Å². The van der Waals surface area contributed by atoms with Crippen molar-refractivity contribution in [1.29, 1.82) is 0 Å². The largest absolute Gasteiger partial charge is 0.366 e. The van der Waals surface area contributed by atoms with Crippen molar-refractivity contribution in [2.45, 2.75) is 85.4 Å². The van der Waals surface area contributed by atoms with Gasteiger partial charge in [-0.1, -0.05) is 44.0 Å². The number of benzene rings is 2. The number of hydrogen-bond donors (Lipinski definition) is 0. The average molecular weight is 411 g/mol. The number of hydrogen-bond acceptors (Lipinski definition) is 2. The van der Waals surface area contributed by atoms with Crippen molar-refractivity contribution in [2.24, 2.45) is 0 Å². The zero-order chi connectivity index (χ0) is 23.0. The van der Waals surface area contributed by atoms with Crippen LogP contribution in [0.25, 0.3) is 0 Å². The molecule has 2 radical (unpaired) electrons. The van der Waals surface area contributed by atoms with Gasteiger partial charge in [-0.05, 0) is 59.1 Å². The van der Waals surface area contributed by atoms with Gasteiger partial charge in [0.05, 0.1) is 6.10 Å². The minimum absolute atomic E-state index is 0.101. The lowest BCUT2D eigenvalue weighted by Gasteiger charge is -2.28. The fourth-order valence-corrected chi connectivity index (χ4v) is 3.68. The van der Waals surface area contributed by atoms with Crippen LogP contribution in [0, 0.1) is 13.8 Å². The monoisotopic (exact) mass is 410 g/mol. The predicted octanol–water partition coefficient (Wildman–Crippen LogP) is 6.88. The Balaban J connectivity index is 2.85. The molecule has 0 heterocycles. The van der Waals surface area contributed by atoms with Crippen LogP contribution in [0.2, 0.25) is 0 Å². The molecule has 0 saturated carbocycles. The third-order valence-electron chi connectivity index (χ3n) is 5.29. The maximum absolute atomic E-state index is 13.5. The molecule has 162 valence electrons. The smallest absolute Gasteiger partial charge is 0.188 e. The Bertz CT molecular complexity index is 933. The van der Waals surface area contributed by atoms with E-state index < -0.39 is 11.5 Å². The van der Waals surface area contributed by atoms with E-state index in [1.165, 1.54) is 0 Å². The number of aldehydes is 1. The molecule has 0 fully saturated rings. The SMILES string of the molecule is Cc1cc(C(OC(C)C)c2cc(C)cc(C(C)(C)C=O)c2[O])c([O])c(C(C)(C)C)c1. The third kappa shape index (κ3) is 4.86. The zero-order valence-electron chi connectivity index (χ0n) is 19.7. The second-order valence-electron chi connectivity index (χ2n) is 10.1. The van der Waals surface area contributed by atoms with Gasteiger partial charge >= 0.3 is 0 Å². The molecule has 0 aliphatic rings. The molecule has 0 bridgehead atoms. The molecule has 2 rings (SSSR count). The van der Waals surface area contributed by atoms with Crippen LogP contribution in [0.5, 0.6) is 11.5 Å². The molecule has 0 aromatic heterocycles. The van der Waals surface area contributed by atoms with Gasteiger partial charge in [0.2, 0.25) is 0 Å². The quantitative estimate of drug-likeness (QED) is 0.487. The molecule has 1 atom stereocenters. The van der Waals surface area contributed by atoms with Gasteiger partial charge in [0, 0.05) is 27.7 Å². The Kier molecular flexibility index (Phi) is 6.72. The molecule has 0 saturated heterocycles. The summed E-state index contributed by atoms with van der Waals surface area (Å²) >= 11 is 0. The van der Waals surface area contributed by atoms with Crippen LogP contribution in [0.15, 0.2) is 24.3 Å². The van der Waals surface area contributed by atoms with Crippen molar-refractivity contribution in [3.05, 3.63) is 57.6 Å². The first-order valence-corrected chi connectivity index (χ1v) is 10.4. The standard InChI is InChI=1S/C26H34O4/c1-15(2)30-24(18-10-16(3)12-20(22(18)28)25(5,6)7)19-11-17(4)13-21(23(19)29)26(8,9)14-27/h10-15,24H,1-9H3. The highest BCUT2D eigenvalue weighted by atomic mass is 16.5. The summed E-state index contributed by atoms with van der Waals surface area (Å²) in [5.74, 6) is -0.350. The number of ether oxygens (including phenoxy) is 1. The third-order valence-corrected chi connectivity index (χ3v) is 5.29. The molecule has 1 unspecified atom stereocenters. The van der Waals surface area contributed by atoms with Crippen LogP contribution in [-0.2, 0) is 30.6 Å². The highest BCUT2D eigenvalue weighted by Crippen LogP contribution is 2.45. The lowest BCUT2D eigenvalue weighted by atomic mass is 9.80. The number of carbonyl (C=O) groups excluding carboxylic acids is 1. The molecule has 30 heavy (non-hydrogen) atoms. The van der Waals surface area contributed by atoms with Crippen LogP contribution in [0.1, 0.15) is 88.0 Å². The fourth-order valence-electron chi connectivity index (χ4n) is 3.68. The van der Waals surface area contributed by atoms with Gasteiger partial charge < -0.3 is 9.53 Å². The van der Waals surface area contributed by atoms with E-state index in [0.29, 0.717) is 22.3 Å². The van der Waals surface area contributed by atoms with Gasteiger partial charge in [-0.15, -0.1) is 0 Å². The first kappa shape index (κ1) is 23.9. The highest BCUT2D eigenvalue weighted by Gasteiger charge is 2.33. The van der Waals surface area contributed by atoms with Gasteiger partial charge in [0.25, 0.3) is 0 Å². The first-order valence-electron chi connectivity index (χ1n) is 10.4. The molecule has 4 nitrogen and oxygen atoms in total. The van der Waals surface area contributed by atoms with Crippen molar-refractivity contribution < 1.29 is 19.7 Å². The molecule has 0 spiro atoms. The number of aryl methyl sites for hydroxylation is 2. The molecular weight excluding hydrogens is 376 g/mol. The molecule has 0 aliphatic heterocycles. The molecule has 2 aromatic carbocycles. The molecule has 0 aliphatic carbocycles. The minimum atomic E-state index is -0.927. The number of carbonyl (C=O) groups is 1. The first-order chi connectivity index (χ1) is 13.7. The van der Waals surface area contributed by atoms with E-state index in [2.05, 4.69) is 0 Å². The van der Waals surface area contributed by atoms with E-state index in [9.17, 15) is 15.0 Å². The van der Waals surface area contributed by atoms with Crippen LogP contribution in [0.4, 0.5) is 0 Å². The van der Waals surface area contributed by atoms with Crippen molar-refractivity contribution in [1.82, 2.24) is 0 Å². The summed E-state index contributed by atoms with van der Waals surface area (Å²) in [5.41, 5.74) is 2.51. The Morgan fingerprint density at radius 1 is 0.800 bits per heavy atom. The Labute approximate surface area is 180 Å². The molecule has 4 heteroatoms. The van der Waals surface area contributed by atoms with E-state index in [4.69, 9.17) is 4.74 Å². The summed E-state index contributed by atoms with van der Waals surface area (Å²) in [5, 5.41) is 26.9. The average Bonchev–Trinajstić information content (AvgIpc) is 2.62. The van der Waals surface area contributed by atoms with Gasteiger partial charge in [-0.25, -0.2) is 0 Å². The molecule has 0 amide bonds. The predicted molar refractivity (Wildman–Crippen MR) is 118 cm³/mol. The Morgan fingerprint density at radius 2 is 1.23 bits per heavy atom. The maximum atomic E-state index is 13.5. The maximum Gasteiger partial charge on any atom is 0.188 e. The fraction of sp³-hybridized carbons (Fsp3) is 0.500. The van der Waals surface area contributed by atoms with Crippen LogP contribution >= 0.6 is 0 Å². The molecular formula is C26H34O4. The van der Waals surface area contributed by atoms with Gasteiger partial charge in [-0.3, -0.25) is 10.2 Å². The summed E-state index contributed by atoms with van der Waals surface area (Å²) in [6, 6.07) is 7.25. The Morgan fingerprint density at radius 3 is 1.63 bits per heavy atom. The van der Waals surface area contributed by atoms with Crippen LogP contribution < -0.4 is 0 Å². The van der Waals surface area contributed by atoms with E-state index in [-0.39, 0.29) is 23.0 Å². The zero-order valence-corrected chi connectivity index (χ0v) is 19.7. The van der Waals surface area contributed by atoms with E-state index in [1.54, 1.807) is 26.0 Å². The van der Waals surface area contributed by atoms with Gasteiger partial charge in [0.1, 0.15) is 12.4 Å². The second kappa shape index (κ2) is 8.43. The summed E-state index contributed by atoms with van der Waals surface area (Å²) in [7, 11) is 0. The van der Waals surface area contributed by atoms with Crippen molar-refractivity contribution in [3.63, 3.8) is 0 Å². The van der Waals surface area contributed by atoms with E-state index in [0.717, 1.165) is 17.4 Å². The Hall–Kier alpha value is -2.33. The molecule has 2 aromatic rings. The van der Waals surface area contributed by atoms with Crippen LogP contribution in [-0.4, -0.2) is 12.4 Å². The van der Waals surface area contributed by atoms with Crippen molar-refractivity contribution in [2.75, 3.05) is 0 Å². The summed E-state index contributed by atoms with van der Waals surface area (Å²) < 4.78 is 6.17. The second-order valence-corrected chi connectivity index (χ2v) is 10.1. The number of rotatable bonds is 6. The normalized spacial score (nSPS) is 13.5. The lowest BCUT2D eigenvalue weighted by molar-refractivity contribution is -0.111. The highest BCUT2D eigenvalue weighted by molar-refractivity contribution is 5.70. The van der Waals surface area contributed by atoms with Crippen LogP contribution in [0.3, 0.4) is 0 Å². The summed E-state index contributed by atoms with van der Waals surface area (Å²) in [4.78, 5) is 11.7. The van der Waals surface area contributed by atoms with Gasteiger partial charge in [-0.2, -0.15) is 0 Å². The lowest BCUT2D eigenvalue weighted by Crippen LogP contribution is -2.21. The molecule has 0 N–H and O–H groups in total. The summed E-state index contributed by atoms with van der Waals surface area (Å²) in [6.45, 7) is 17.0. The van der Waals surface area contributed by atoms with E-state index >= 15 is 0 Å². The minimum Gasteiger partial charge on any atom is -0.366 e. The topological polar surface area (TPSA) is 66.1 Å².